The van der Waals surface area contributed by atoms with Crippen molar-refractivity contribution in [2.75, 3.05) is 19.7 Å². The Labute approximate surface area is 111 Å². The quantitative estimate of drug-likeness (QED) is 0.623. The smallest absolute Gasteiger partial charge is 0.314 e. The lowest BCUT2D eigenvalue weighted by atomic mass is 9.94. The van der Waals surface area contributed by atoms with Crippen molar-refractivity contribution >= 4 is 6.03 Å². The lowest BCUT2D eigenvalue weighted by molar-refractivity contribution is 0.230. The molecule has 1 aliphatic carbocycles. The molecule has 0 spiro atoms. The number of aliphatic hydroxyl groups is 1. The average Bonchev–Trinajstić information content (AvgIpc) is 3.03. The van der Waals surface area contributed by atoms with Gasteiger partial charge in [-0.25, -0.2) is 4.79 Å². The van der Waals surface area contributed by atoms with Gasteiger partial charge in [0.05, 0.1) is 0 Å². The Morgan fingerprint density at radius 1 is 1.28 bits per heavy atom. The summed E-state index contributed by atoms with van der Waals surface area (Å²) in [6.07, 6.45) is 4.42. The third kappa shape index (κ3) is 5.71. The second kappa shape index (κ2) is 6.98. The third-order valence-electron chi connectivity index (χ3n) is 3.66. The first-order valence-electron chi connectivity index (χ1n) is 7.10. The highest BCUT2D eigenvalue weighted by Gasteiger charge is 2.42. The van der Waals surface area contributed by atoms with E-state index in [1.54, 1.807) is 0 Å². The van der Waals surface area contributed by atoms with E-state index in [4.69, 9.17) is 5.11 Å². The van der Waals surface area contributed by atoms with E-state index in [1.165, 1.54) is 19.3 Å². The van der Waals surface area contributed by atoms with Crippen LogP contribution in [-0.4, -0.2) is 30.8 Å². The van der Waals surface area contributed by atoms with E-state index in [2.05, 4.69) is 24.5 Å². The van der Waals surface area contributed by atoms with Crippen molar-refractivity contribution in [2.45, 2.75) is 46.5 Å². The van der Waals surface area contributed by atoms with E-state index in [9.17, 15) is 4.79 Å². The molecular weight excluding hydrogens is 228 g/mol. The molecule has 0 aromatic rings. The molecular formula is C14H28N2O2. The molecule has 4 heteroatoms. The molecule has 0 aliphatic heterocycles. The van der Waals surface area contributed by atoms with Crippen molar-refractivity contribution in [3.8, 4) is 0 Å². The third-order valence-corrected chi connectivity index (χ3v) is 3.66. The number of amides is 2. The SMILES string of the molecule is CC(C)CC1(CNC(=O)NCC(C)CCO)CC1. The van der Waals surface area contributed by atoms with Crippen LogP contribution >= 0.6 is 0 Å². The summed E-state index contributed by atoms with van der Waals surface area (Å²) < 4.78 is 0. The van der Waals surface area contributed by atoms with Gasteiger partial charge >= 0.3 is 6.03 Å². The summed E-state index contributed by atoms with van der Waals surface area (Å²) in [6.45, 7) is 8.10. The molecule has 1 atom stereocenters. The van der Waals surface area contributed by atoms with Crippen LogP contribution in [0.1, 0.15) is 46.5 Å². The van der Waals surface area contributed by atoms with Gasteiger partial charge in [-0.05, 0) is 42.9 Å². The topological polar surface area (TPSA) is 61.4 Å². The first-order valence-corrected chi connectivity index (χ1v) is 7.10. The molecule has 106 valence electrons. The Morgan fingerprint density at radius 2 is 1.94 bits per heavy atom. The summed E-state index contributed by atoms with van der Waals surface area (Å²) in [5.41, 5.74) is 0.377. The standard InChI is InChI=1S/C14H28N2O2/c1-11(2)8-14(5-6-14)10-16-13(18)15-9-12(3)4-7-17/h11-12,17H,4-10H2,1-3H3,(H2,15,16,18). The summed E-state index contributed by atoms with van der Waals surface area (Å²) in [6, 6.07) is -0.0742. The maximum atomic E-state index is 11.6. The van der Waals surface area contributed by atoms with E-state index in [1.807, 2.05) is 6.92 Å². The van der Waals surface area contributed by atoms with Crippen molar-refractivity contribution in [1.82, 2.24) is 10.6 Å². The van der Waals surface area contributed by atoms with Gasteiger partial charge in [-0.2, -0.15) is 0 Å². The van der Waals surface area contributed by atoms with Crippen LogP contribution in [0.4, 0.5) is 4.79 Å². The van der Waals surface area contributed by atoms with Crippen molar-refractivity contribution < 1.29 is 9.90 Å². The molecule has 0 radical (unpaired) electrons. The number of nitrogens with one attached hydrogen (secondary N) is 2. The van der Waals surface area contributed by atoms with Gasteiger partial charge in [-0.1, -0.05) is 20.8 Å². The number of aliphatic hydroxyl groups excluding tert-OH is 1. The molecule has 0 saturated heterocycles. The fourth-order valence-electron chi connectivity index (χ4n) is 2.42. The van der Waals surface area contributed by atoms with Crippen LogP contribution in [0.25, 0.3) is 0 Å². The van der Waals surface area contributed by atoms with Gasteiger partial charge in [0.2, 0.25) is 0 Å². The Bertz CT molecular complexity index is 263. The summed E-state index contributed by atoms with van der Waals surface area (Å²) in [5, 5.41) is 14.6. The van der Waals surface area contributed by atoms with E-state index < -0.39 is 0 Å². The minimum atomic E-state index is -0.0742. The van der Waals surface area contributed by atoms with Gasteiger partial charge < -0.3 is 15.7 Å². The molecule has 1 unspecified atom stereocenters. The summed E-state index contributed by atoms with van der Waals surface area (Å²) >= 11 is 0. The Balaban J connectivity index is 2.13. The first kappa shape index (κ1) is 15.3. The Morgan fingerprint density at radius 3 is 2.44 bits per heavy atom. The zero-order chi connectivity index (χ0) is 13.6. The lowest BCUT2D eigenvalue weighted by Crippen LogP contribution is -2.40. The second-order valence-electron chi connectivity index (χ2n) is 6.28. The molecule has 0 bridgehead atoms. The lowest BCUT2D eigenvalue weighted by Gasteiger charge is -2.19. The highest BCUT2D eigenvalue weighted by Crippen LogP contribution is 2.49. The van der Waals surface area contributed by atoms with Crippen molar-refractivity contribution in [2.24, 2.45) is 17.3 Å². The molecule has 0 aromatic heterocycles. The van der Waals surface area contributed by atoms with Crippen LogP contribution in [0.5, 0.6) is 0 Å². The van der Waals surface area contributed by atoms with Crippen molar-refractivity contribution in [3.63, 3.8) is 0 Å². The molecule has 1 fully saturated rings. The van der Waals surface area contributed by atoms with Crippen LogP contribution in [0.2, 0.25) is 0 Å². The molecule has 3 N–H and O–H groups in total. The molecule has 1 rings (SSSR count). The predicted octanol–water partition coefficient (Wildman–Crippen LogP) is 2.13. The fourth-order valence-corrected chi connectivity index (χ4v) is 2.42. The maximum absolute atomic E-state index is 11.6. The molecule has 4 nitrogen and oxygen atoms in total. The van der Waals surface area contributed by atoms with Gasteiger partial charge in [-0.3, -0.25) is 0 Å². The molecule has 0 heterocycles. The zero-order valence-electron chi connectivity index (χ0n) is 12.0. The van der Waals surface area contributed by atoms with Gasteiger partial charge in [-0.15, -0.1) is 0 Å². The number of hydrogen-bond acceptors (Lipinski definition) is 2. The van der Waals surface area contributed by atoms with Gasteiger partial charge in [0, 0.05) is 19.7 Å². The Kier molecular flexibility index (Phi) is 5.93. The molecule has 1 aliphatic rings. The highest BCUT2D eigenvalue weighted by atomic mass is 16.3. The van der Waals surface area contributed by atoms with Crippen molar-refractivity contribution in [3.05, 3.63) is 0 Å². The van der Waals surface area contributed by atoms with Crippen molar-refractivity contribution in [1.29, 1.82) is 0 Å². The number of urea groups is 1. The minimum absolute atomic E-state index is 0.0742. The first-order chi connectivity index (χ1) is 8.47. The second-order valence-corrected chi connectivity index (χ2v) is 6.28. The monoisotopic (exact) mass is 256 g/mol. The molecule has 18 heavy (non-hydrogen) atoms. The van der Waals surface area contributed by atoms with Crippen LogP contribution in [0, 0.1) is 17.3 Å². The van der Waals surface area contributed by atoms with Gasteiger partial charge in [0.25, 0.3) is 0 Å². The van der Waals surface area contributed by atoms with E-state index >= 15 is 0 Å². The zero-order valence-corrected chi connectivity index (χ0v) is 12.0. The number of carbonyl (C=O) groups excluding carboxylic acids is 1. The van der Waals surface area contributed by atoms with Crippen LogP contribution in [0.3, 0.4) is 0 Å². The van der Waals surface area contributed by atoms with Crippen LogP contribution < -0.4 is 10.6 Å². The number of carbonyl (C=O) groups is 1. The Hall–Kier alpha value is -0.770. The number of rotatable bonds is 8. The predicted molar refractivity (Wildman–Crippen MR) is 73.4 cm³/mol. The largest absolute Gasteiger partial charge is 0.396 e. The summed E-state index contributed by atoms with van der Waals surface area (Å²) in [4.78, 5) is 11.6. The highest BCUT2D eigenvalue weighted by molar-refractivity contribution is 5.73. The van der Waals surface area contributed by atoms with Gasteiger partial charge in [0.1, 0.15) is 0 Å². The molecule has 0 aromatic carbocycles. The minimum Gasteiger partial charge on any atom is -0.396 e. The van der Waals surface area contributed by atoms with E-state index in [0.717, 1.165) is 13.0 Å². The average molecular weight is 256 g/mol. The summed E-state index contributed by atoms with van der Waals surface area (Å²) in [5.74, 6) is 1.02. The van der Waals surface area contributed by atoms with E-state index in [0.29, 0.717) is 23.8 Å². The van der Waals surface area contributed by atoms with Crippen LogP contribution in [0.15, 0.2) is 0 Å². The van der Waals surface area contributed by atoms with Gasteiger partial charge in [0.15, 0.2) is 0 Å². The maximum Gasteiger partial charge on any atom is 0.314 e. The van der Waals surface area contributed by atoms with E-state index in [-0.39, 0.29) is 12.6 Å². The normalized spacial score (nSPS) is 18.5. The molecule has 1 saturated carbocycles. The number of hydrogen-bond donors (Lipinski definition) is 3. The fraction of sp³-hybridized carbons (Fsp3) is 0.929. The molecule has 2 amide bonds. The summed E-state index contributed by atoms with van der Waals surface area (Å²) in [7, 11) is 0. The van der Waals surface area contributed by atoms with Crippen LogP contribution in [-0.2, 0) is 0 Å².